The molecule has 0 saturated carbocycles. The Balaban J connectivity index is 2.51. The highest BCUT2D eigenvalue weighted by Gasteiger charge is 2.21. The van der Waals surface area contributed by atoms with Crippen LogP contribution in [0.3, 0.4) is 0 Å². The van der Waals surface area contributed by atoms with E-state index in [4.69, 9.17) is 23.2 Å². The Morgan fingerprint density at radius 2 is 1.57 bits per heavy atom. The minimum Gasteiger partial charge on any atom is -0.276 e. The second-order valence-electron chi connectivity index (χ2n) is 4.56. The van der Waals surface area contributed by atoms with Crippen LogP contribution in [0.1, 0.15) is 17.0 Å². The quantitative estimate of drug-likeness (QED) is 0.923. The number of anilines is 1. The Kier molecular flexibility index (Phi) is 4.41. The second kappa shape index (κ2) is 5.79. The zero-order valence-electron chi connectivity index (χ0n) is 11.6. The Hall–Kier alpha value is -1.37. The molecule has 0 spiro atoms. The van der Waals surface area contributed by atoms with E-state index in [1.165, 1.54) is 18.5 Å². The molecule has 2 aromatic rings. The number of halogens is 2. The van der Waals surface area contributed by atoms with Crippen LogP contribution in [-0.4, -0.2) is 18.4 Å². The number of aromatic nitrogens is 2. The first kappa shape index (κ1) is 16.0. The van der Waals surface area contributed by atoms with Crippen molar-refractivity contribution in [3.05, 3.63) is 45.5 Å². The van der Waals surface area contributed by atoms with Gasteiger partial charge in [0.1, 0.15) is 11.2 Å². The molecule has 5 nitrogen and oxygen atoms in total. The number of nitrogens with zero attached hydrogens (tertiary/aromatic N) is 2. The molecule has 0 aliphatic carbocycles. The minimum atomic E-state index is -3.85. The maximum atomic E-state index is 12.5. The average Bonchev–Trinajstić information content (AvgIpc) is 2.38. The van der Waals surface area contributed by atoms with Crippen molar-refractivity contribution in [1.82, 2.24) is 9.97 Å². The molecular weight excluding hydrogens is 333 g/mol. The van der Waals surface area contributed by atoms with Gasteiger partial charge in [0, 0.05) is 5.02 Å². The standard InChI is InChI=1S/C13H13Cl2N3O2S/c1-7-4-12(11(15)5-10(7)14)21(19,20)18-13-8(2)16-6-17-9(13)3/h4-6,18H,1-3H3. The lowest BCUT2D eigenvalue weighted by Gasteiger charge is -2.13. The van der Waals surface area contributed by atoms with Crippen molar-refractivity contribution in [3.63, 3.8) is 0 Å². The summed E-state index contributed by atoms with van der Waals surface area (Å²) >= 11 is 11.9. The van der Waals surface area contributed by atoms with Crippen LogP contribution in [0, 0.1) is 20.8 Å². The molecule has 8 heteroatoms. The van der Waals surface area contributed by atoms with Crippen LogP contribution in [-0.2, 0) is 10.0 Å². The first-order chi connectivity index (χ1) is 9.72. The van der Waals surface area contributed by atoms with E-state index in [1.54, 1.807) is 20.8 Å². The van der Waals surface area contributed by atoms with Crippen molar-refractivity contribution >= 4 is 38.9 Å². The van der Waals surface area contributed by atoms with Crippen molar-refractivity contribution in [2.75, 3.05) is 4.72 Å². The molecule has 112 valence electrons. The van der Waals surface area contributed by atoms with Gasteiger partial charge in [-0.25, -0.2) is 18.4 Å². The summed E-state index contributed by atoms with van der Waals surface area (Å²) in [6.07, 6.45) is 1.38. The zero-order chi connectivity index (χ0) is 15.8. The summed E-state index contributed by atoms with van der Waals surface area (Å²) in [7, 11) is -3.85. The van der Waals surface area contributed by atoms with E-state index in [2.05, 4.69) is 14.7 Å². The number of benzene rings is 1. The summed E-state index contributed by atoms with van der Waals surface area (Å²) in [5.41, 5.74) is 2.04. The fourth-order valence-electron chi connectivity index (χ4n) is 1.77. The van der Waals surface area contributed by atoms with Gasteiger partial charge in [-0.1, -0.05) is 23.2 Å². The molecule has 1 aromatic carbocycles. The summed E-state index contributed by atoms with van der Waals surface area (Å²) in [5, 5.41) is 0.472. The van der Waals surface area contributed by atoms with E-state index in [1.807, 2.05) is 0 Å². The fraction of sp³-hybridized carbons (Fsp3) is 0.231. The predicted molar refractivity (Wildman–Crippen MR) is 83.5 cm³/mol. The summed E-state index contributed by atoms with van der Waals surface area (Å²) in [6, 6.07) is 2.84. The Morgan fingerprint density at radius 1 is 1.00 bits per heavy atom. The number of rotatable bonds is 3. The molecule has 0 fully saturated rings. The highest BCUT2D eigenvalue weighted by atomic mass is 35.5. The van der Waals surface area contributed by atoms with Crippen molar-refractivity contribution in [2.24, 2.45) is 0 Å². The van der Waals surface area contributed by atoms with Gasteiger partial charge in [-0.05, 0) is 38.5 Å². The lowest BCUT2D eigenvalue weighted by Crippen LogP contribution is -2.16. The summed E-state index contributed by atoms with van der Waals surface area (Å²) < 4.78 is 27.5. The summed E-state index contributed by atoms with van der Waals surface area (Å²) in [6.45, 7) is 5.10. The maximum Gasteiger partial charge on any atom is 0.263 e. The number of hydrogen-bond acceptors (Lipinski definition) is 4. The van der Waals surface area contributed by atoms with Crippen LogP contribution in [0.2, 0.25) is 10.0 Å². The second-order valence-corrected chi connectivity index (χ2v) is 7.02. The average molecular weight is 346 g/mol. The van der Waals surface area contributed by atoms with Crippen LogP contribution in [0.5, 0.6) is 0 Å². The van der Waals surface area contributed by atoms with Gasteiger partial charge in [0.2, 0.25) is 0 Å². The molecule has 1 N–H and O–H groups in total. The summed E-state index contributed by atoms with van der Waals surface area (Å²) in [4.78, 5) is 7.93. The van der Waals surface area contributed by atoms with Gasteiger partial charge in [-0.3, -0.25) is 4.72 Å². The molecule has 21 heavy (non-hydrogen) atoms. The van der Waals surface area contributed by atoms with Gasteiger partial charge >= 0.3 is 0 Å². The number of hydrogen-bond donors (Lipinski definition) is 1. The van der Waals surface area contributed by atoms with Crippen LogP contribution in [0.15, 0.2) is 23.4 Å². The first-order valence-electron chi connectivity index (χ1n) is 5.99. The third-order valence-corrected chi connectivity index (χ3v) is 5.19. The molecular formula is C13H13Cl2N3O2S. The third-order valence-electron chi connectivity index (χ3n) is 2.97. The highest BCUT2D eigenvalue weighted by molar-refractivity contribution is 7.92. The van der Waals surface area contributed by atoms with Crippen molar-refractivity contribution in [2.45, 2.75) is 25.7 Å². The van der Waals surface area contributed by atoms with Gasteiger partial charge in [0.25, 0.3) is 10.0 Å². The molecule has 0 unspecified atom stereocenters. The maximum absolute atomic E-state index is 12.5. The Labute approximate surface area is 133 Å². The molecule has 1 heterocycles. The number of sulfonamides is 1. The van der Waals surface area contributed by atoms with Crippen molar-refractivity contribution < 1.29 is 8.42 Å². The third kappa shape index (κ3) is 3.28. The molecule has 0 radical (unpaired) electrons. The normalized spacial score (nSPS) is 11.5. The molecule has 0 atom stereocenters. The Bertz CT molecular complexity index is 787. The lowest BCUT2D eigenvalue weighted by atomic mass is 10.2. The monoisotopic (exact) mass is 345 g/mol. The molecule has 0 aliphatic heterocycles. The van der Waals surface area contributed by atoms with Crippen LogP contribution in [0.4, 0.5) is 5.69 Å². The molecule has 0 bridgehead atoms. The molecule has 1 aromatic heterocycles. The zero-order valence-corrected chi connectivity index (χ0v) is 13.9. The fourth-order valence-corrected chi connectivity index (χ4v) is 3.78. The van der Waals surface area contributed by atoms with Gasteiger partial charge < -0.3 is 0 Å². The van der Waals surface area contributed by atoms with Gasteiger partial charge in [-0.15, -0.1) is 0 Å². The van der Waals surface area contributed by atoms with Gasteiger partial charge in [-0.2, -0.15) is 0 Å². The molecule has 2 rings (SSSR count). The molecule has 0 amide bonds. The molecule has 0 aliphatic rings. The van der Waals surface area contributed by atoms with Crippen LogP contribution in [0.25, 0.3) is 0 Å². The summed E-state index contributed by atoms with van der Waals surface area (Å²) in [5.74, 6) is 0. The van der Waals surface area contributed by atoms with E-state index < -0.39 is 10.0 Å². The van der Waals surface area contributed by atoms with Crippen molar-refractivity contribution in [1.29, 1.82) is 0 Å². The topological polar surface area (TPSA) is 72.0 Å². The Morgan fingerprint density at radius 3 is 2.14 bits per heavy atom. The first-order valence-corrected chi connectivity index (χ1v) is 8.23. The SMILES string of the molecule is Cc1cc(S(=O)(=O)Nc2c(C)ncnc2C)c(Cl)cc1Cl. The smallest absolute Gasteiger partial charge is 0.263 e. The number of nitrogens with one attached hydrogen (secondary N) is 1. The number of aryl methyl sites for hydroxylation is 3. The van der Waals surface area contributed by atoms with Crippen LogP contribution >= 0.6 is 23.2 Å². The largest absolute Gasteiger partial charge is 0.276 e. The minimum absolute atomic E-state index is 0.0336. The van der Waals surface area contributed by atoms with E-state index in [-0.39, 0.29) is 9.92 Å². The van der Waals surface area contributed by atoms with E-state index in [0.29, 0.717) is 27.7 Å². The molecule has 0 saturated heterocycles. The van der Waals surface area contributed by atoms with E-state index in [9.17, 15) is 8.42 Å². The van der Waals surface area contributed by atoms with E-state index in [0.717, 1.165) is 0 Å². The van der Waals surface area contributed by atoms with Gasteiger partial charge in [0.15, 0.2) is 0 Å². The van der Waals surface area contributed by atoms with Crippen LogP contribution < -0.4 is 4.72 Å². The van der Waals surface area contributed by atoms with Crippen molar-refractivity contribution in [3.8, 4) is 0 Å². The predicted octanol–water partition coefficient (Wildman–Crippen LogP) is 3.51. The lowest BCUT2D eigenvalue weighted by molar-refractivity contribution is 0.601. The van der Waals surface area contributed by atoms with E-state index >= 15 is 0 Å². The van der Waals surface area contributed by atoms with Gasteiger partial charge in [0.05, 0.1) is 22.1 Å². The highest BCUT2D eigenvalue weighted by Crippen LogP contribution is 2.30.